The Labute approximate surface area is 155 Å². The van der Waals surface area contributed by atoms with E-state index >= 15 is 0 Å². The van der Waals surface area contributed by atoms with E-state index in [1.54, 1.807) is 12.3 Å². The van der Waals surface area contributed by atoms with Crippen LogP contribution in [-0.4, -0.2) is 17.4 Å². The standard InChI is InChI=1S/C20H18BrN3O/c21-16-6-8-17(9-7-16)24-20(25)19-11-10-18(14-23-19)22-13-12-15-4-2-1-3-5-15/h1-11,14,22H,12-13H2,(H,24,25). The first-order valence-electron chi connectivity index (χ1n) is 8.01. The fourth-order valence-corrected chi connectivity index (χ4v) is 2.62. The van der Waals surface area contributed by atoms with Gasteiger partial charge in [-0.25, -0.2) is 4.98 Å². The van der Waals surface area contributed by atoms with E-state index < -0.39 is 0 Å². The maximum Gasteiger partial charge on any atom is 0.274 e. The van der Waals surface area contributed by atoms with Gasteiger partial charge in [0.1, 0.15) is 5.69 Å². The second kappa shape index (κ2) is 8.44. The van der Waals surface area contributed by atoms with E-state index in [9.17, 15) is 4.79 Å². The highest BCUT2D eigenvalue weighted by Gasteiger charge is 2.07. The molecule has 0 saturated heterocycles. The molecule has 5 heteroatoms. The number of aromatic nitrogens is 1. The van der Waals surface area contributed by atoms with Crippen molar-refractivity contribution in [2.24, 2.45) is 0 Å². The van der Waals surface area contributed by atoms with Crippen LogP contribution in [0.1, 0.15) is 16.1 Å². The molecule has 3 rings (SSSR count). The number of nitrogens with one attached hydrogen (secondary N) is 2. The molecule has 0 saturated carbocycles. The molecule has 0 aliphatic rings. The van der Waals surface area contributed by atoms with E-state index in [1.165, 1.54) is 5.56 Å². The zero-order chi connectivity index (χ0) is 17.5. The third-order valence-electron chi connectivity index (χ3n) is 3.68. The van der Waals surface area contributed by atoms with Gasteiger partial charge in [0, 0.05) is 16.7 Å². The minimum absolute atomic E-state index is 0.224. The lowest BCUT2D eigenvalue weighted by Crippen LogP contribution is -2.14. The highest BCUT2D eigenvalue weighted by atomic mass is 79.9. The van der Waals surface area contributed by atoms with Gasteiger partial charge in [-0.1, -0.05) is 46.3 Å². The Morgan fingerprint density at radius 1 is 0.920 bits per heavy atom. The molecule has 0 fully saturated rings. The summed E-state index contributed by atoms with van der Waals surface area (Å²) in [5.41, 5.74) is 3.31. The third kappa shape index (κ3) is 5.16. The van der Waals surface area contributed by atoms with Crippen LogP contribution in [-0.2, 0) is 6.42 Å². The Morgan fingerprint density at radius 3 is 2.32 bits per heavy atom. The zero-order valence-corrected chi connectivity index (χ0v) is 15.2. The quantitative estimate of drug-likeness (QED) is 0.632. The Morgan fingerprint density at radius 2 is 1.64 bits per heavy atom. The topological polar surface area (TPSA) is 54.0 Å². The molecule has 0 aliphatic carbocycles. The molecule has 0 aliphatic heterocycles. The molecule has 0 bridgehead atoms. The number of amides is 1. The summed E-state index contributed by atoms with van der Waals surface area (Å²) in [7, 11) is 0. The summed E-state index contributed by atoms with van der Waals surface area (Å²) in [6.45, 7) is 0.816. The molecule has 1 heterocycles. The molecule has 0 atom stereocenters. The van der Waals surface area contributed by atoms with Crippen LogP contribution in [0.15, 0.2) is 77.4 Å². The fourth-order valence-electron chi connectivity index (χ4n) is 2.36. The summed E-state index contributed by atoms with van der Waals surface area (Å²) in [6.07, 6.45) is 2.62. The predicted molar refractivity (Wildman–Crippen MR) is 105 cm³/mol. The SMILES string of the molecule is O=C(Nc1ccc(Br)cc1)c1ccc(NCCc2ccccc2)cn1. The van der Waals surface area contributed by atoms with Gasteiger partial charge in [-0.15, -0.1) is 0 Å². The number of carbonyl (C=O) groups excluding carboxylic acids is 1. The maximum atomic E-state index is 12.2. The van der Waals surface area contributed by atoms with Crippen LogP contribution in [0, 0.1) is 0 Å². The van der Waals surface area contributed by atoms with Crippen LogP contribution in [0.4, 0.5) is 11.4 Å². The summed E-state index contributed by atoms with van der Waals surface area (Å²) in [6, 6.07) is 21.3. The van der Waals surface area contributed by atoms with Crippen molar-refractivity contribution in [3.63, 3.8) is 0 Å². The molecule has 0 radical (unpaired) electrons. The van der Waals surface area contributed by atoms with Crippen LogP contribution in [0.25, 0.3) is 0 Å². The molecule has 25 heavy (non-hydrogen) atoms. The van der Waals surface area contributed by atoms with Crippen molar-refractivity contribution in [2.45, 2.75) is 6.42 Å². The zero-order valence-electron chi connectivity index (χ0n) is 13.6. The van der Waals surface area contributed by atoms with Gasteiger partial charge >= 0.3 is 0 Å². The van der Waals surface area contributed by atoms with Gasteiger partial charge in [0.05, 0.1) is 11.9 Å². The Bertz CT molecular complexity index is 818. The molecule has 0 spiro atoms. The van der Waals surface area contributed by atoms with Crippen molar-refractivity contribution in [1.29, 1.82) is 0 Å². The number of halogens is 1. The Hall–Kier alpha value is -2.66. The van der Waals surface area contributed by atoms with Gasteiger partial charge in [-0.05, 0) is 48.4 Å². The molecule has 3 aromatic rings. The second-order valence-corrected chi connectivity index (χ2v) is 6.47. The monoisotopic (exact) mass is 395 g/mol. The van der Waals surface area contributed by atoms with E-state index in [-0.39, 0.29) is 5.91 Å². The lowest BCUT2D eigenvalue weighted by molar-refractivity contribution is 0.102. The average Bonchev–Trinajstić information content (AvgIpc) is 2.65. The molecule has 0 unspecified atom stereocenters. The fraction of sp³-hybridized carbons (Fsp3) is 0.100. The minimum atomic E-state index is -0.224. The summed E-state index contributed by atoms with van der Waals surface area (Å²) >= 11 is 3.37. The molecular weight excluding hydrogens is 378 g/mol. The van der Waals surface area contributed by atoms with Crippen molar-refractivity contribution < 1.29 is 4.79 Å². The van der Waals surface area contributed by atoms with Crippen molar-refractivity contribution in [3.05, 3.63) is 88.7 Å². The van der Waals surface area contributed by atoms with Crippen LogP contribution in [0.2, 0.25) is 0 Å². The average molecular weight is 396 g/mol. The van der Waals surface area contributed by atoms with Crippen molar-refractivity contribution >= 4 is 33.2 Å². The largest absolute Gasteiger partial charge is 0.383 e. The van der Waals surface area contributed by atoms with E-state index in [1.807, 2.05) is 48.5 Å². The molecule has 4 nitrogen and oxygen atoms in total. The summed E-state index contributed by atoms with van der Waals surface area (Å²) in [5.74, 6) is -0.224. The van der Waals surface area contributed by atoms with E-state index in [2.05, 4.69) is 43.7 Å². The van der Waals surface area contributed by atoms with Gasteiger partial charge in [0.2, 0.25) is 0 Å². The molecular formula is C20H18BrN3O. The number of hydrogen-bond acceptors (Lipinski definition) is 3. The normalized spacial score (nSPS) is 10.3. The van der Waals surface area contributed by atoms with E-state index in [0.29, 0.717) is 5.69 Å². The molecule has 126 valence electrons. The number of nitrogens with zero attached hydrogens (tertiary/aromatic N) is 1. The van der Waals surface area contributed by atoms with Gasteiger partial charge in [-0.2, -0.15) is 0 Å². The van der Waals surface area contributed by atoms with Crippen LogP contribution in [0.5, 0.6) is 0 Å². The molecule has 1 amide bonds. The lowest BCUT2D eigenvalue weighted by atomic mass is 10.1. The number of benzene rings is 2. The molecule has 2 N–H and O–H groups in total. The summed E-state index contributed by atoms with van der Waals surface area (Å²) < 4.78 is 0.967. The first kappa shape index (κ1) is 17.2. The van der Waals surface area contributed by atoms with Crippen molar-refractivity contribution in [1.82, 2.24) is 4.98 Å². The van der Waals surface area contributed by atoms with Crippen molar-refractivity contribution in [3.8, 4) is 0 Å². The van der Waals surface area contributed by atoms with Gasteiger partial charge in [-0.3, -0.25) is 4.79 Å². The van der Waals surface area contributed by atoms with Gasteiger partial charge < -0.3 is 10.6 Å². The maximum absolute atomic E-state index is 12.2. The Balaban J connectivity index is 1.52. The van der Waals surface area contributed by atoms with E-state index in [0.717, 1.165) is 28.8 Å². The van der Waals surface area contributed by atoms with Crippen LogP contribution in [0.3, 0.4) is 0 Å². The van der Waals surface area contributed by atoms with E-state index in [4.69, 9.17) is 0 Å². The van der Waals surface area contributed by atoms with Crippen LogP contribution < -0.4 is 10.6 Å². The summed E-state index contributed by atoms with van der Waals surface area (Å²) in [5, 5.41) is 6.14. The molecule has 2 aromatic carbocycles. The summed E-state index contributed by atoms with van der Waals surface area (Å²) in [4.78, 5) is 16.4. The number of rotatable bonds is 6. The van der Waals surface area contributed by atoms with Crippen molar-refractivity contribution in [2.75, 3.05) is 17.2 Å². The first-order valence-corrected chi connectivity index (χ1v) is 8.81. The van der Waals surface area contributed by atoms with Gasteiger partial charge in [0.25, 0.3) is 5.91 Å². The highest BCUT2D eigenvalue weighted by molar-refractivity contribution is 9.10. The second-order valence-electron chi connectivity index (χ2n) is 5.56. The lowest BCUT2D eigenvalue weighted by Gasteiger charge is -2.08. The predicted octanol–water partition coefficient (Wildman–Crippen LogP) is 4.75. The first-order chi connectivity index (χ1) is 12.2. The molecule has 1 aromatic heterocycles. The smallest absolute Gasteiger partial charge is 0.274 e. The highest BCUT2D eigenvalue weighted by Crippen LogP contribution is 2.15. The number of hydrogen-bond donors (Lipinski definition) is 2. The van der Waals surface area contributed by atoms with Gasteiger partial charge in [0.15, 0.2) is 0 Å². The Kier molecular flexibility index (Phi) is 5.80. The van der Waals surface area contributed by atoms with Crippen LogP contribution >= 0.6 is 15.9 Å². The number of pyridine rings is 1. The third-order valence-corrected chi connectivity index (χ3v) is 4.21. The number of anilines is 2. The minimum Gasteiger partial charge on any atom is -0.383 e. The number of carbonyl (C=O) groups is 1.